The minimum atomic E-state index is 0.0647. The minimum absolute atomic E-state index is 0.0647. The van der Waals surface area contributed by atoms with E-state index in [4.69, 9.17) is 22.1 Å². The van der Waals surface area contributed by atoms with Crippen LogP contribution in [0, 0.1) is 0 Å². The van der Waals surface area contributed by atoms with Gasteiger partial charge in [-0.25, -0.2) is 0 Å². The van der Waals surface area contributed by atoms with Crippen molar-refractivity contribution in [1.29, 1.82) is 0 Å². The summed E-state index contributed by atoms with van der Waals surface area (Å²) < 4.78 is 5.41. The first-order valence-electron chi connectivity index (χ1n) is 6.56. The molecule has 0 radical (unpaired) electrons. The number of methoxy groups -OCH3 is 1. The Morgan fingerprint density at radius 3 is 2.28 bits per heavy atom. The highest BCUT2D eigenvalue weighted by atomic mass is 35.5. The largest absolute Gasteiger partial charge is 0.495 e. The molecule has 1 aliphatic carbocycles. The van der Waals surface area contributed by atoms with Crippen LogP contribution >= 0.6 is 11.6 Å². The van der Waals surface area contributed by atoms with Gasteiger partial charge in [0.1, 0.15) is 5.75 Å². The molecule has 0 heterocycles. The lowest BCUT2D eigenvalue weighted by Crippen LogP contribution is -2.32. The quantitative estimate of drug-likeness (QED) is 0.899. The molecule has 1 aliphatic rings. The Bertz CT molecular complexity index is 450. The Morgan fingerprint density at radius 1 is 1.28 bits per heavy atom. The molecular weight excluding hydrogens is 246 g/mol. The van der Waals surface area contributed by atoms with E-state index in [0.717, 1.165) is 23.6 Å². The molecule has 2 nitrogen and oxygen atoms in total. The first kappa shape index (κ1) is 13.7. The lowest BCUT2D eigenvalue weighted by Gasteiger charge is -2.24. The average molecular weight is 268 g/mol. The molecular formula is C15H22ClNO. The molecule has 0 bridgehead atoms. The zero-order valence-corrected chi connectivity index (χ0v) is 12.3. The molecule has 1 saturated carbocycles. The van der Waals surface area contributed by atoms with Gasteiger partial charge in [0.25, 0.3) is 0 Å². The first-order valence-corrected chi connectivity index (χ1v) is 6.93. The summed E-state index contributed by atoms with van der Waals surface area (Å²) in [7, 11) is 1.67. The summed E-state index contributed by atoms with van der Waals surface area (Å²) in [6.07, 6.45) is 2.24. The summed E-state index contributed by atoms with van der Waals surface area (Å²) >= 11 is 6.47. The van der Waals surface area contributed by atoms with Crippen LogP contribution in [0.2, 0.25) is 5.02 Å². The van der Waals surface area contributed by atoms with E-state index in [1.54, 1.807) is 7.11 Å². The molecule has 0 aliphatic heterocycles. The van der Waals surface area contributed by atoms with Gasteiger partial charge in [-0.1, -0.05) is 31.5 Å². The third kappa shape index (κ3) is 2.12. The fraction of sp³-hybridized carbons (Fsp3) is 0.600. The third-order valence-corrected chi connectivity index (χ3v) is 4.53. The molecule has 1 unspecified atom stereocenters. The molecule has 0 aromatic heterocycles. The molecule has 1 fully saturated rings. The van der Waals surface area contributed by atoms with Crippen LogP contribution in [-0.2, 0) is 5.41 Å². The second kappa shape index (κ2) is 4.75. The maximum atomic E-state index is 6.47. The molecule has 0 amide bonds. The van der Waals surface area contributed by atoms with Gasteiger partial charge >= 0.3 is 0 Å². The predicted molar refractivity (Wildman–Crippen MR) is 76.7 cm³/mol. The summed E-state index contributed by atoms with van der Waals surface area (Å²) in [5.41, 5.74) is 8.65. The number of nitrogens with two attached hydrogens (primary N) is 1. The van der Waals surface area contributed by atoms with Gasteiger partial charge in [-0.05, 0) is 42.9 Å². The number of hydrogen-bond donors (Lipinski definition) is 1. The van der Waals surface area contributed by atoms with Crippen LogP contribution in [0.1, 0.15) is 50.7 Å². The van der Waals surface area contributed by atoms with Gasteiger partial charge in [-0.15, -0.1) is 0 Å². The van der Waals surface area contributed by atoms with Gasteiger partial charge < -0.3 is 10.5 Å². The summed E-state index contributed by atoms with van der Waals surface area (Å²) in [5, 5.41) is 0.733. The Morgan fingerprint density at radius 2 is 1.89 bits per heavy atom. The van der Waals surface area contributed by atoms with Crippen molar-refractivity contribution in [2.45, 2.75) is 51.0 Å². The number of halogens is 1. The van der Waals surface area contributed by atoms with Crippen molar-refractivity contribution in [2.24, 2.45) is 5.73 Å². The van der Waals surface area contributed by atoms with Crippen molar-refractivity contribution in [3.05, 3.63) is 28.3 Å². The van der Waals surface area contributed by atoms with Crippen molar-refractivity contribution in [2.75, 3.05) is 7.11 Å². The Hall–Kier alpha value is -0.730. The Balaban J connectivity index is 2.56. The SMILES string of the molecule is COc1cc(C(C)C)cc(C2(C(C)N)CC2)c1Cl. The van der Waals surface area contributed by atoms with Crippen molar-refractivity contribution >= 4 is 11.6 Å². The molecule has 1 atom stereocenters. The van der Waals surface area contributed by atoms with Gasteiger partial charge in [-0.3, -0.25) is 0 Å². The number of hydrogen-bond acceptors (Lipinski definition) is 2. The maximum absolute atomic E-state index is 6.47. The molecule has 2 rings (SSSR count). The van der Waals surface area contributed by atoms with Gasteiger partial charge in [0.05, 0.1) is 12.1 Å². The minimum Gasteiger partial charge on any atom is -0.495 e. The topological polar surface area (TPSA) is 35.2 Å². The van der Waals surface area contributed by atoms with Crippen molar-refractivity contribution in [3.8, 4) is 5.75 Å². The fourth-order valence-electron chi connectivity index (χ4n) is 2.57. The zero-order valence-electron chi connectivity index (χ0n) is 11.6. The molecule has 2 N–H and O–H groups in total. The number of rotatable bonds is 4. The van der Waals surface area contributed by atoms with E-state index in [-0.39, 0.29) is 11.5 Å². The van der Waals surface area contributed by atoms with E-state index in [1.807, 2.05) is 6.07 Å². The van der Waals surface area contributed by atoms with Gasteiger partial charge in [0.2, 0.25) is 0 Å². The van der Waals surface area contributed by atoms with Crippen molar-refractivity contribution in [1.82, 2.24) is 0 Å². The van der Waals surface area contributed by atoms with Crippen LogP contribution in [0.25, 0.3) is 0 Å². The van der Waals surface area contributed by atoms with Crippen LogP contribution < -0.4 is 10.5 Å². The Labute approximate surface area is 114 Å². The highest BCUT2D eigenvalue weighted by Gasteiger charge is 2.49. The standard InChI is InChI=1S/C15H22ClNO/c1-9(2)11-7-12(14(16)13(8-11)18-4)15(5-6-15)10(3)17/h7-10H,5-6,17H2,1-4H3. The van der Waals surface area contributed by atoms with E-state index in [1.165, 1.54) is 11.1 Å². The molecule has 1 aromatic rings. The molecule has 18 heavy (non-hydrogen) atoms. The highest BCUT2D eigenvalue weighted by Crippen LogP contribution is 2.54. The summed E-state index contributed by atoms with van der Waals surface area (Å²) in [5.74, 6) is 1.23. The summed E-state index contributed by atoms with van der Waals surface area (Å²) in [6, 6.07) is 4.38. The molecule has 3 heteroatoms. The predicted octanol–water partition coefficient (Wildman–Crippen LogP) is 3.85. The normalized spacial score (nSPS) is 18.8. The van der Waals surface area contributed by atoms with E-state index in [9.17, 15) is 0 Å². The van der Waals surface area contributed by atoms with E-state index in [0.29, 0.717) is 5.92 Å². The van der Waals surface area contributed by atoms with Gasteiger partial charge in [0, 0.05) is 11.5 Å². The third-order valence-electron chi connectivity index (χ3n) is 4.14. The van der Waals surface area contributed by atoms with E-state index < -0.39 is 0 Å². The van der Waals surface area contributed by atoms with E-state index in [2.05, 4.69) is 26.8 Å². The van der Waals surface area contributed by atoms with Crippen molar-refractivity contribution in [3.63, 3.8) is 0 Å². The highest BCUT2D eigenvalue weighted by molar-refractivity contribution is 6.33. The smallest absolute Gasteiger partial charge is 0.138 e. The molecule has 1 aromatic carbocycles. The number of benzene rings is 1. The van der Waals surface area contributed by atoms with Crippen LogP contribution in [0.5, 0.6) is 5.75 Å². The van der Waals surface area contributed by atoms with E-state index >= 15 is 0 Å². The monoisotopic (exact) mass is 267 g/mol. The van der Waals surface area contributed by atoms with Crippen LogP contribution in [0.15, 0.2) is 12.1 Å². The maximum Gasteiger partial charge on any atom is 0.138 e. The van der Waals surface area contributed by atoms with Gasteiger partial charge in [0.15, 0.2) is 0 Å². The van der Waals surface area contributed by atoms with Crippen LogP contribution in [0.3, 0.4) is 0 Å². The first-order chi connectivity index (χ1) is 8.42. The average Bonchev–Trinajstić information content (AvgIpc) is 3.10. The van der Waals surface area contributed by atoms with Crippen molar-refractivity contribution < 1.29 is 4.74 Å². The summed E-state index contributed by atoms with van der Waals surface area (Å²) in [4.78, 5) is 0. The van der Waals surface area contributed by atoms with Crippen LogP contribution in [-0.4, -0.2) is 13.2 Å². The summed E-state index contributed by atoms with van der Waals surface area (Å²) in [6.45, 7) is 6.42. The molecule has 100 valence electrons. The lowest BCUT2D eigenvalue weighted by atomic mass is 9.86. The van der Waals surface area contributed by atoms with Gasteiger partial charge in [-0.2, -0.15) is 0 Å². The second-order valence-electron chi connectivity index (χ2n) is 5.68. The molecule has 0 saturated heterocycles. The second-order valence-corrected chi connectivity index (χ2v) is 6.06. The van der Waals surface area contributed by atoms with Crippen LogP contribution in [0.4, 0.5) is 0 Å². The molecule has 0 spiro atoms. The fourth-order valence-corrected chi connectivity index (χ4v) is 2.94. The Kier molecular flexibility index (Phi) is 3.61. The number of ether oxygens (including phenoxy) is 1. The zero-order chi connectivity index (χ0) is 13.5. The lowest BCUT2D eigenvalue weighted by molar-refractivity contribution is 0.412.